The third kappa shape index (κ3) is 3.76. The molecular formula is C13H12ClNO3S. The van der Waals surface area contributed by atoms with E-state index in [0.29, 0.717) is 10.7 Å². The molecule has 0 N–H and O–H groups in total. The van der Waals surface area contributed by atoms with E-state index in [1.54, 1.807) is 24.3 Å². The standard InChI is InChI=1S/C13H12ClNO3S/c1-10-2-5-12(6-3-10)19(16,17)18-9-11-4-7-13(14)15-8-11/h2-8H,9H2,1H3. The molecule has 1 heterocycles. The molecule has 100 valence electrons. The van der Waals surface area contributed by atoms with Gasteiger partial charge in [0.25, 0.3) is 10.1 Å². The van der Waals surface area contributed by atoms with Crippen molar-refractivity contribution in [2.45, 2.75) is 18.4 Å². The fourth-order valence-corrected chi connectivity index (χ4v) is 2.42. The van der Waals surface area contributed by atoms with Gasteiger partial charge in [-0.15, -0.1) is 0 Å². The van der Waals surface area contributed by atoms with Crippen LogP contribution < -0.4 is 0 Å². The monoisotopic (exact) mass is 297 g/mol. The van der Waals surface area contributed by atoms with Gasteiger partial charge < -0.3 is 0 Å². The number of rotatable bonds is 4. The molecule has 2 aromatic rings. The highest BCUT2D eigenvalue weighted by Gasteiger charge is 2.14. The smallest absolute Gasteiger partial charge is 0.261 e. The van der Waals surface area contributed by atoms with Gasteiger partial charge >= 0.3 is 0 Å². The number of nitrogens with zero attached hydrogens (tertiary/aromatic N) is 1. The van der Waals surface area contributed by atoms with E-state index in [0.717, 1.165) is 5.56 Å². The van der Waals surface area contributed by atoms with E-state index in [-0.39, 0.29) is 11.5 Å². The Morgan fingerprint density at radius 3 is 2.42 bits per heavy atom. The van der Waals surface area contributed by atoms with Crippen LogP contribution in [0.3, 0.4) is 0 Å². The second kappa shape index (κ2) is 5.69. The molecule has 1 aromatic heterocycles. The van der Waals surface area contributed by atoms with Crippen molar-refractivity contribution in [2.75, 3.05) is 0 Å². The highest BCUT2D eigenvalue weighted by molar-refractivity contribution is 7.86. The van der Waals surface area contributed by atoms with Gasteiger partial charge in [-0.25, -0.2) is 4.98 Å². The second-order valence-corrected chi connectivity index (χ2v) is 6.02. The minimum Gasteiger partial charge on any atom is -0.261 e. The third-order valence-corrected chi connectivity index (χ3v) is 3.98. The van der Waals surface area contributed by atoms with Crippen LogP contribution in [-0.4, -0.2) is 13.4 Å². The molecule has 0 aliphatic heterocycles. The Hall–Kier alpha value is -1.43. The summed E-state index contributed by atoms with van der Waals surface area (Å²) >= 11 is 5.64. The van der Waals surface area contributed by atoms with E-state index in [1.807, 2.05) is 6.92 Å². The summed E-state index contributed by atoms with van der Waals surface area (Å²) in [6.07, 6.45) is 1.48. The molecule has 19 heavy (non-hydrogen) atoms. The molecule has 0 saturated heterocycles. The average Bonchev–Trinajstić information content (AvgIpc) is 2.39. The van der Waals surface area contributed by atoms with Crippen molar-refractivity contribution < 1.29 is 12.6 Å². The van der Waals surface area contributed by atoms with Crippen LogP contribution in [0.2, 0.25) is 5.15 Å². The molecule has 4 nitrogen and oxygen atoms in total. The summed E-state index contributed by atoms with van der Waals surface area (Å²) in [6, 6.07) is 9.73. The lowest BCUT2D eigenvalue weighted by Crippen LogP contribution is -2.06. The molecule has 0 saturated carbocycles. The van der Waals surface area contributed by atoms with Gasteiger partial charge in [-0.3, -0.25) is 4.18 Å². The topological polar surface area (TPSA) is 56.3 Å². The summed E-state index contributed by atoms with van der Waals surface area (Å²) in [5.74, 6) is 0. The van der Waals surface area contributed by atoms with Crippen molar-refractivity contribution in [1.82, 2.24) is 4.98 Å². The van der Waals surface area contributed by atoms with Gasteiger partial charge in [0.2, 0.25) is 0 Å². The summed E-state index contributed by atoms with van der Waals surface area (Å²) in [6.45, 7) is 1.82. The van der Waals surface area contributed by atoms with E-state index in [9.17, 15) is 8.42 Å². The van der Waals surface area contributed by atoms with Crippen LogP contribution in [-0.2, 0) is 20.9 Å². The first-order valence-electron chi connectivity index (χ1n) is 5.54. The first kappa shape index (κ1) is 14.0. The van der Waals surface area contributed by atoms with Crippen molar-refractivity contribution in [3.8, 4) is 0 Å². The summed E-state index contributed by atoms with van der Waals surface area (Å²) in [5, 5.41) is 0.352. The van der Waals surface area contributed by atoms with Crippen LogP contribution in [0.1, 0.15) is 11.1 Å². The average molecular weight is 298 g/mol. The predicted molar refractivity (Wildman–Crippen MR) is 72.4 cm³/mol. The first-order valence-corrected chi connectivity index (χ1v) is 7.32. The first-order chi connectivity index (χ1) is 8.97. The molecule has 0 aliphatic rings. The van der Waals surface area contributed by atoms with E-state index in [4.69, 9.17) is 15.8 Å². The maximum atomic E-state index is 11.9. The second-order valence-electron chi connectivity index (χ2n) is 4.02. The SMILES string of the molecule is Cc1ccc(S(=O)(=O)OCc2ccc(Cl)nc2)cc1. The lowest BCUT2D eigenvalue weighted by molar-refractivity contribution is 0.307. The molecule has 2 rings (SSSR count). The van der Waals surface area contributed by atoms with E-state index in [2.05, 4.69) is 4.98 Å². The highest BCUT2D eigenvalue weighted by Crippen LogP contribution is 2.15. The van der Waals surface area contributed by atoms with Crippen LogP contribution in [0.25, 0.3) is 0 Å². The van der Waals surface area contributed by atoms with E-state index < -0.39 is 10.1 Å². The Kier molecular flexibility index (Phi) is 4.19. The summed E-state index contributed by atoms with van der Waals surface area (Å²) in [4.78, 5) is 3.99. The number of benzene rings is 1. The highest BCUT2D eigenvalue weighted by atomic mass is 35.5. The minimum atomic E-state index is -3.75. The van der Waals surface area contributed by atoms with Crippen LogP contribution in [0.5, 0.6) is 0 Å². The summed E-state index contributed by atoms with van der Waals surface area (Å²) in [7, 11) is -3.75. The molecular weight excluding hydrogens is 286 g/mol. The van der Waals surface area contributed by atoms with E-state index >= 15 is 0 Å². The van der Waals surface area contributed by atoms with Crippen molar-refractivity contribution >= 4 is 21.7 Å². The number of hydrogen-bond acceptors (Lipinski definition) is 4. The minimum absolute atomic E-state index is 0.0691. The molecule has 0 bridgehead atoms. The Morgan fingerprint density at radius 2 is 1.84 bits per heavy atom. The number of aryl methyl sites for hydroxylation is 1. The van der Waals surface area contributed by atoms with Gasteiger partial charge in [-0.05, 0) is 30.7 Å². The Labute approximate surface area is 117 Å². The summed E-state index contributed by atoms with van der Waals surface area (Å²) in [5.41, 5.74) is 1.63. The number of aromatic nitrogens is 1. The van der Waals surface area contributed by atoms with Crippen molar-refractivity contribution in [3.63, 3.8) is 0 Å². The van der Waals surface area contributed by atoms with Gasteiger partial charge in [0.15, 0.2) is 0 Å². The zero-order chi connectivity index (χ0) is 13.9. The Balaban J connectivity index is 2.09. The molecule has 0 spiro atoms. The fraction of sp³-hybridized carbons (Fsp3) is 0.154. The van der Waals surface area contributed by atoms with Gasteiger partial charge in [-0.1, -0.05) is 35.4 Å². The molecule has 0 radical (unpaired) electrons. The van der Waals surface area contributed by atoms with Gasteiger partial charge in [0, 0.05) is 6.20 Å². The number of halogens is 1. The van der Waals surface area contributed by atoms with Crippen molar-refractivity contribution in [2.24, 2.45) is 0 Å². The van der Waals surface area contributed by atoms with Crippen LogP contribution >= 0.6 is 11.6 Å². The van der Waals surface area contributed by atoms with Crippen LogP contribution in [0.15, 0.2) is 47.5 Å². The van der Waals surface area contributed by atoms with E-state index in [1.165, 1.54) is 18.3 Å². The van der Waals surface area contributed by atoms with Gasteiger partial charge in [-0.2, -0.15) is 8.42 Å². The summed E-state index contributed by atoms with van der Waals surface area (Å²) < 4.78 is 28.8. The van der Waals surface area contributed by atoms with Crippen LogP contribution in [0.4, 0.5) is 0 Å². The molecule has 0 fully saturated rings. The van der Waals surface area contributed by atoms with Gasteiger partial charge in [0.05, 0.1) is 11.5 Å². The van der Waals surface area contributed by atoms with Gasteiger partial charge in [0.1, 0.15) is 5.15 Å². The molecule has 0 aliphatic carbocycles. The quantitative estimate of drug-likeness (QED) is 0.643. The zero-order valence-corrected chi connectivity index (χ0v) is 11.8. The third-order valence-electron chi connectivity index (χ3n) is 2.48. The molecule has 0 atom stereocenters. The molecule has 6 heteroatoms. The zero-order valence-electron chi connectivity index (χ0n) is 10.2. The lowest BCUT2D eigenvalue weighted by atomic mass is 10.2. The predicted octanol–water partition coefficient (Wildman–Crippen LogP) is 2.95. The fourth-order valence-electron chi connectivity index (χ4n) is 1.41. The molecule has 0 amide bonds. The van der Waals surface area contributed by atoms with Crippen LogP contribution in [0, 0.1) is 6.92 Å². The van der Waals surface area contributed by atoms with Crippen molar-refractivity contribution in [1.29, 1.82) is 0 Å². The van der Waals surface area contributed by atoms with Crippen molar-refractivity contribution in [3.05, 3.63) is 58.9 Å². The lowest BCUT2D eigenvalue weighted by Gasteiger charge is -2.06. The largest absolute Gasteiger partial charge is 0.297 e. The number of hydrogen-bond donors (Lipinski definition) is 0. The molecule has 0 unspecified atom stereocenters. The number of pyridine rings is 1. The maximum absolute atomic E-state index is 11.9. The normalized spacial score (nSPS) is 11.5. The molecule has 1 aromatic carbocycles. The Bertz CT molecular complexity index is 651. The maximum Gasteiger partial charge on any atom is 0.297 e. The Morgan fingerprint density at radius 1 is 1.16 bits per heavy atom.